The summed E-state index contributed by atoms with van der Waals surface area (Å²) in [6.45, 7) is 3.99. The maximum absolute atomic E-state index is 10.8. The number of hydrazine groups is 1. The Labute approximate surface area is 126 Å². The van der Waals surface area contributed by atoms with E-state index in [1.165, 1.54) is 6.07 Å². The summed E-state index contributed by atoms with van der Waals surface area (Å²) in [5.41, 5.74) is 5.73. The van der Waals surface area contributed by atoms with Crippen LogP contribution in [0.15, 0.2) is 35.4 Å². The predicted molar refractivity (Wildman–Crippen MR) is 84.2 cm³/mol. The summed E-state index contributed by atoms with van der Waals surface area (Å²) in [6.07, 6.45) is 0. The molecule has 110 valence electrons. The van der Waals surface area contributed by atoms with Gasteiger partial charge in [-0.25, -0.2) is 4.98 Å². The van der Waals surface area contributed by atoms with E-state index in [4.69, 9.17) is 5.84 Å². The quantitative estimate of drug-likeness (QED) is 0.381. The van der Waals surface area contributed by atoms with Crippen molar-refractivity contribution in [2.24, 2.45) is 5.84 Å². The number of nitrogen functional groups attached to an aromatic ring is 1. The fourth-order valence-electron chi connectivity index (χ4n) is 1.98. The number of hydrogen-bond donors (Lipinski definition) is 2. The van der Waals surface area contributed by atoms with Crippen LogP contribution in [0.5, 0.6) is 0 Å². The molecule has 1 aromatic carbocycles. The van der Waals surface area contributed by atoms with Gasteiger partial charge in [0.1, 0.15) is 5.69 Å². The molecule has 0 saturated heterocycles. The third-order valence-corrected chi connectivity index (χ3v) is 3.86. The number of pyridine rings is 1. The maximum Gasteiger partial charge on any atom is 0.293 e. The summed E-state index contributed by atoms with van der Waals surface area (Å²) in [5, 5.41) is 11.8. The smallest absolute Gasteiger partial charge is 0.293 e. The van der Waals surface area contributed by atoms with E-state index in [1.807, 2.05) is 26.0 Å². The van der Waals surface area contributed by atoms with Crippen molar-refractivity contribution >= 4 is 23.1 Å². The molecule has 21 heavy (non-hydrogen) atoms. The van der Waals surface area contributed by atoms with Gasteiger partial charge in [-0.2, -0.15) is 0 Å². The molecule has 1 aromatic heterocycles. The molecule has 2 rings (SSSR count). The molecule has 0 aliphatic heterocycles. The first-order valence-corrected chi connectivity index (χ1v) is 7.30. The van der Waals surface area contributed by atoms with Crippen LogP contribution in [0.2, 0.25) is 0 Å². The molecule has 0 bridgehead atoms. The van der Waals surface area contributed by atoms with Crippen molar-refractivity contribution in [1.82, 2.24) is 4.98 Å². The van der Waals surface area contributed by atoms with Crippen molar-refractivity contribution in [3.8, 4) is 0 Å². The van der Waals surface area contributed by atoms with Crippen molar-refractivity contribution < 1.29 is 4.92 Å². The molecular weight excluding hydrogens is 288 g/mol. The van der Waals surface area contributed by atoms with Crippen molar-refractivity contribution in [2.75, 3.05) is 5.43 Å². The first-order chi connectivity index (χ1) is 9.99. The van der Waals surface area contributed by atoms with Crippen LogP contribution in [0, 0.1) is 24.0 Å². The Hall–Kier alpha value is -2.12. The average Bonchev–Trinajstić information content (AvgIpc) is 2.43. The molecule has 0 radical (unpaired) electrons. The van der Waals surface area contributed by atoms with Gasteiger partial charge in [-0.1, -0.05) is 6.07 Å². The summed E-state index contributed by atoms with van der Waals surface area (Å²) >= 11 is 1.59. The van der Waals surface area contributed by atoms with E-state index in [0.29, 0.717) is 11.4 Å². The van der Waals surface area contributed by atoms with Gasteiger partial charge in [-0.15, -0.1) is 11.8 Å². The fraction of sp³-hybridized carbons (Fsp3) is 0.214. The number of rotatable bonds is 5. The zero-order valence-electron chi connectivity index (χ0n) is 11.8. The van der Waals surface area contributed by atoms with E-state index >= 15 is 0 Å². The van der Waals surface area contributed by atoms with Gasteiger partial charge in [-0.3, -0.25) is 16.0 Å². The van der Waals surface area contributed by atoms with Gasteiger partial charge < -0.3 is 5.43 Å². The third-order valence-electron chi connectivity index (χ3n) is 2.87. The van der Waals surface area contributed by atoms with Crippen LogP contribution < -0.4 is 11.3 Å². The fourth-order valence-corrected chi connectivity index (χ4v) is 2.96. The molecule has 0 atom stereocenters. The van der Waals surface area contributed by atoms with E-state index in [0.717, 1.165) is 21.8 Å². The Morgan fingerprint density at radius 1 is 1.33 bits per heavy atom. The standard InChI is InChI=1S/C14H16N4O2S/c1-9-5-10(2)16-14(6-9)21-8-11-3-4-13(18(19)20)12(7-11)17-15/h3-7,17H,8,15H2,1-2H3. The zero-order valence-corrected chi connectivity index (χ0v) is 12.6. The number of thioether (sulfide) groups is 1. The molecule has 0 aliphatic carbocycles. The molecule has 0 saturated carbocycles. The first-order valence-electron chi connectivity index (χ1n) is 6.31. The highest BCUT2D eigenvalue weighted by Gasteiger charge is 2.13. The van der Waals surface area contributed by atoms with Gasteiger partial charge >= 0.3 is 0 Å². The maximum atomic E-state index is 10.8. The van der Waals surface area contributed by atoms with E-state index in [1.54, 1.807) is 23.9 Å². The van der Waals surface area contributed by atoms with E-state index in [2.05, 4.69) is 10.4 Å². The second-order valence-electron chi connectivity index (χ2n) is 4.67. The summed E-state index contributed by atoms with van der Waals surface area (Å²) in [4.78, 5) is 14.8. The van der Waals surface area contributed by atoms with Crippen LogP contribution in [-0.2, 0) is 5.75 Å². The second-order valence-corrected chi connectivity index (χ2v) is 5.66. The number of nitrogens with zero attached hydrogens (tertiary/aromatic N) is 2. The number of aryl methyl sites for hydroxylation is 2. The molecule has 6 nitrogen and oxygen atoms in total. The Kier molecular flexibility index (Phi) is 4.77. The number of nitrogens with two attached hydrogens (primary N) is 1. The minimum atomic E-state index is -0.461. The van der Waals surface area contributed by atoms with Crippen molar-refractivity contribution in [2.45, 2.75) is 24.6 Å². The summed E-state index contributed by atoms with van der Waals surface area (Å²) in [5.74, 6) is 6.00. The van der Waals surface area contributed by atoms with Crippen LogP contribution in [0.25, 0.3) is 0 Å². The average molecular weight is 304 g/mol. The van der Waals surface area contributed by atoms with E-state index in [-0.39, 0.29) is 5.69 Å². The van der Waals surface area contributed by atoms with Gasteiger partial charge in [0.25, 0.3) is 5.69 Å². The Balaban J connectivity index is 2.14. The number of benzene rings is 1. The highest BCUT2D eigenvalue weighted by atomic mass is 32.2. The number of hydrogen-bond acceptors (Lipinski definition) is 6. The van der Waals surface area contributed by atoms with Crippen LogP contribution in [-0.4, -0.2) is 9.91 Å². The lowest BCUT2D eigenvalue weighted by Crippen LogP contribution is -2.09. The first kappa shape index (κ1) is 15.3. The predicted octanol–water partition coefficient (Wildman–Crippen LogP) is 3.18. The van der Waals surface area contributed by atoms with Crippen LogP contribution in [0.3, 0.4) is 0 Å². The molecule has 0 aliphatic rings. The lowest BCUT2D eigenvalue weighted by Gasteiger charge is -2.07. The molecule has 3 N–H and O–H groups in total. The number of nitro groups is 1. The lowest BCUT2D eigenvalue weighted by molar-refractivity contribution is -0.384. The largest absolute Gasteiger partial charge is 0.318 e. The van der Waals surface area contributed by atoms with Gasteiger partial charge in [-0.05, 0) is 43.2 Å². The highest BCUT2D eigenvalue weighted by molar-refractivity contribution is 7.98. The minimum absolute atomic E-state index is 0.0317. The Morgan fingerprint density at radius 3 is 2.71 bits per heavy atom. The molecule has 0 fully saturated rings. The van der Waals surface area contributed by atoms with Crippen molar-refractivity contribution in [1.29, 1.82) is 0 Å². The van der Waals surface area contributed by atoms with Crippen LogP contribution in [0.4, 0.5) is 11.4 Å². The van der Waals surface area contributed by atoms with E-state index in [9.17, 15) is 10.1 Å². The number of anilines is 1. The SMILES string of the molecule is Cc1cc(C)nc(SCc2ccc([N+](=O)[O-])c(NN)c2)c1. The summed E-state index contributed by atoms with van der Waals surface area (Å²) in [6, 6.07) is 8.92. The topological polar surface area (TPSA) is 94.1 Å². The Bertz CT molecular complexity index is 656. The van der Waals surface area contributed by atoms with Gasteiger partial charge in [0, 0.05) is 17.5 Å². The van der Waals surface area contributed by atoms with Gasteiger partial charge in [0.15, 0.2) is 0 Å². The van der Waals surface area contributed by atoms with E-state index < -0.39 is 4.92 Å². The number of aromatic nitrogens is 1. The molecule has 0 spiro atoms. The molecule has 0 amide bonds. The van der Waals surface area contributed by atoms with Gasteiger partial charge in [0.2, 0.25) is 0 Å². The Morgan fingerprint density at radius 2 is 2.10 bits per heavy atom. The zero-order chi connectivity index (χ0) is 15.4. The molecular formula is C14H16N4O2S. The minimum Gasteiger partial charge on any atom is -0.318 e. The normalized spacial score (nSPS) is 10.4. The molecule has 0 unspecified atom stereocenters. The number of nitro benzene ring substituents is 1. The monoisotopic (exact) mass is 304 g/mol. The summed E-state index contributed by atoms with van der Waals surface area (Å²) in [7, 11) is 0. The van der Waals surface area contributed by atoms with Crippen LogP contribution >= 0.6 is 11.8 Å². The lowest BCUT2D eigenvalue weighted by atomic mass is 10.2. The van der Waals surface area contributed by atoms with Crippen molar-refractivity contribution in [3.05, 3.63) is 57.3 Å². The van der Waals surface area contributed by atoms with Crippen LogP contribution in [0.1, 0.15) is 16.8 Å². The van der Waals surface area contributed by atoms with Gasteiger partial charge in [0.05, 0.1) is 9.95 Å². The second kappa shape index (κ2) is 6.55. The molecule has 2 aromatic rings. The summed E-state index contributed by atoms with van der Waals surface area (Å²) < 4.78 is 0. The molecule has 1 heterocycles. The van der Waals surface area contributed by atoms with Crippen molar-refractivity contribution in [3.63, 3.8) is 0 Å². The third kappa shape index (κ3) is 3.93. The number of nitrogens with one attached hydrogen (secondary N) is 1. The molecule has 7 heteroatoms. The highest BCUT2D eigenvalue weighted by Crippen LogP contribution is 2.28.